The highest BCUT2D eigenvalue weighted by Crippen LogP contribution is 2.34. The van der Waals surface area contributed by atoms with Gasteiger partial charge in [0.1, 0.15) is 46.5 Å². The van der Waals surface area contributed by atoms with Crippen molar-refractivity contribution in [3.8, 4) is 11.9 Å². The summed E-state index contributed by atoms with van der Waals surface area (Å²) < 4.78 is 59.2. The first-order chi connectivity index (χ1) is 17.9. The van der Waals surface area contributed by atoms with Gasteiger partial charge in [-0.2, -0.15) is 13.9 Å². The van der Waals surface area contributed by atoms with Gasteiger partial charge in [-0.25, -0.2) is 18.4 Å². The van der Waals surface area contributed by atoms with Crippen LogP contribution >= 0.6 is 23.9 Å². The summed E-state index contributed by atoms with van der Waals surface area (Å²) in [5, 5.41) is 9.52. The molecule has 1 aromatic carbocycles. The Hall–Kier alpha value is -3.43. The molecule has 212 valence electrons. The van der Waals surface area contributed by atoms with E-state index < -0.39 is 48.1 Å². The minimum atomic E-state index is -1.25. The second kappa shape index (κ2) is 11.8. The number of benzene rings is 1. The van der Waals surface area contributed by atoms with Gasteiger partial charge in [0.2, 0.25) is 5.88 Å². The van der Waals surface area contributed by atoms with Crippen molar-refractivity contribution in [2.24, 2.45) is 0 Å². The minimum Gasteiger partial charge on any atom is -0.480 e. The van der Waals surface area contributed by atoms with Crippen LogP contribution < -0.4 is 15.6 Å². The highest BCUT2D eigenvalue weighted by Gasteiger charge is 2.43. The Kier molecular flexibility index (Phi) is 9.08. The van der Waals surface area contributed by atoms with Crippen molar-refractivity contribution in [3.05, 3.63) is 46.5 Å². The van der Waals surface area contributed by atoms with Gasteiger partial charge in [-0.1, -0.05) is 17.7 Å². The normalized spacial score (nSPS) is 17.2. The van der Waals surface area contributed by atoms with Crippen LogP contribution in [0.5, 0.6) is 11.9 Å². The van der Waals surface area contributed by atoms with Gasteiger partial charge in [-0.15, -0.1) is 3.89 Å². The zero-order valence-corrected chi connectivity index (χ0v) is 22.6. The molecule has 0 bridgehead atoms. The number of carboxylic acids is 1. The van der Waals surface area contributed by atoms with Crippen LogP contribution in [0.1, 0.15) is 32.8 Å². The average molecular weight is 592 g/mol. The molecular weight excluding hydrogens is 567 g/mol. The van der Waals surface area contributed by atoms with Gasteiger partial charge in [0.25, 0.3) is 0 Å². The number of carbonyl (C=O) groups excluding carboxylic acids is 1. The van der Waals surface area contributed by atoms with E-state index in [2.05, 4.69) is 9.97 Å². The van der Waals surface area contributed by atoms with Crippen LogP contribution in [0.15, 0.2) is 24.3 Å². The van der Waals surface area contributed by atoms with Crippen LogP contribution in [-0.4, -0.2) is 60.3 Å². The van der Waals surface area contributed by atoms with Crippen LogP contribution in [0.4, 0.5) is 17.5 Å². The largest absolute Gasteiger partial charge is 0.480 e. The first kappa shape index (κ1) is 30.1. The summed E-state index contributed by atoms with van der Waals surface area (Å²) in [5.41, 5.74) is -1.15. The molecule has 39 heavy (non-hydrogen) atoms. The Morgan fingerprint density at radius 2 is 1.90 bits per heavy atom. The SMILES string of the molecule is CC(C)(C)OC(=O)N1C[C@@H](Oc2nc3cc(Cl)c(OCc4c(F)cccc4F)nc3n2SF)C[C@H]1C(=O)O.N. The molecule has 11 nitrogen and oxygen atoms in total. The minimum absolute atomic E-state index is 0. The lowest BCUT2D eigenvalue weighted by Crippen LogP contribution is -2.43. The van der Waals surface area contributed by atoms with Gasteiger partial charge < -0.3 is 25.5 Å². The fraction of sp³-hybridized carbons (Fsp3) is 0.391. The lowest BCUT2D eigenvalue weighted by molar-refractivity contribution is -0.142. The Morgan fingerprint density at radius 3 is 2.49 bits per heavy atom. The second-order valence-electron chi connectivity index (χ2n) is 9.33. The number of carbonyl (C=O) groups is 2. The van der Waals surface area contributed by atoms with Crippen LogP contribution in [-0.2, 0) is 16.1 Å². The maximum atomic E-state index is 14.0. The molecule has 0 spiro atoms. The third kappa shape index (κ3) is 6.59. The summed E-state index contributed by atoms with van der Waals surface area (Å²) in [6.45, 7) is 4.26. The average Bonchev–Trinajstić information content (AvgIpc) is 3.38. The standard InChI is InChI=1S/C23H22ClF3N4O6S.H3N/c1-23(2,3)37-22(34)30-9-11(7-17(30)20(32)33)36-21-28-16-8-13(24)19(29-18(16)31(21)38-27)35-10-12-14(25)5-4-6-15(12)26;/h4-6,8,11,17H,7,9-10H2,1-3H3,(H,32,33);1H3/t11-,17-;/m0./s1. The Morgan fingerprint density at radius 1 is 1.23 bits per heavy atom. The van der Waals surface area contributed by atoms with E-state index in [0.29, 0.717) is 0 Å². The molecule has 2 aromatic heterocycles. The zero-order chi connectivity index (χ0) is 27.8. The molecule has 0 radical (unpaired) electrons. The number of aliphatic carboxylic acids is 1. The number of rotatable bonds is 7. The maximum absolute atomic E-state index is 14.0. The number of carboxylic acid groups (broad SMARTS) is 1. The third-order valence-electron chi connectivity index (χ3n) is 5.42. The van der Waals surface area contributed by atoms with E-state index in [0.717, 1.165) is 21.0 Å². The summed E-state index contributed by atoms with van der Waals surface area (Å²) in [7, 11) is 0. The maximum Gasteiger partial charge on any atom is 0.411 e. The van der Waals surface area contributed by atoms with Crippen LogP contribution in [0.25, 0.3) is 11.2 Å². The summed E-state index contributed by atoms with van der Waals surface area (Å²) in [6, 6.07) is 3.16. The van der Waals surface area contributed by atoms with Crippen molar-refractivity contribution in [2.75, 3.05) is 6.54 Å². The van der Waals surface area contributed by atoms with Crippen LogP contribution in [0, 0.1) is 11.6 Å². The van der Waals surface area contributed by atoms with E-state index in [1.54, 1.807) is 20.8 Å². The second-order valence-corrected chi connectivity index (χ2v) is 10.2. The summed E-state index contributed by atoms with van der Waals surface area (Å²) in [6.07, 6.45) is -1.79. The van der Waals surface area contributed by atoms with Crippen LogP contribution in [0.2, 0.25) is 5.02 Å². The number of imidazole rings is 1. The number of hydrogen-bond donors (Lipinski definition) is 2. The molecule has 1 fully saturated rings. The molecule has 16 heteroatoms. The number of nitrogens with zero attached hydrogens (tertiary/aromatic N) is 4. The van der Waals surface area contributed by atoms with E-state index in [1.807, 2.05) is 0 Å². The quantitative estimate of drug-likeness (QED) is 0.369. The monoisotopic (exact) mass is 591 g/mol. The van der Waals surface area contributed by atoms with E-state index in [9.17, 15) is 27.4 Å². The highest BCUT2D eigenvalue weighted by atomic mass is 35.5. The van der Waals surface area contributed by atoms with Crippen molar-refractivity contribution >= 4 is 47.2 Å². The molecule has 1 aliphatic rings. The third-order valence-corrected chi connectivity index (χ3v) is 6.16. The predicted molar refractivity (Wildman–Crippen MR) is 136 cm³/mol. The van der Waals surface area contributed by atoms with Gasteiger partial charge in [0, 0.05) is 6.42 Å². The molecular formula is C23H25ClF3N5O6S. The topological polar surface area (TPSA) is 151 Å². The number of hydrogen-bond acceptors (Lipinski definition) is 9. The number of halogens is 4. The number of likely N-dealkylation sites (tertiary alicyclic amines) is 1. The molecule has 0 aliphatic carbocycles. The first-order valence-electron chi connectivity index (χ1n) is 11.2. The van der Waals surface area contributed by atoms with E-state index in [1.165, 1.54) is 12.1 Å². The Labute approximate surface area is 230 Å². The molecule has 4 N–H and O–H groups in total. The highest BCUT2D eigenvalue weighted by molar-refractivity contribution is 7.93. The lowest BCUT2D eigenvalue weighted by atomic mass is 10.2. The fourth-order valence-electron chi connectivity index (χ4n) is 3.76. The molecule has 1 saturated heterocycles. The lowest BCUT2D eigenvalue weighted by Gasteiger charge is -2.26. The Balaban J connectivity index is 0.00000420. The van der Waals surface area contributed by atoms with E-state index >= 15 is 0 Å². The zero-order valence-electron chi connectivity index (χ0n) is 21.0. The van der Waals surface area contributed by atoms with Gasteiger partial charge >= 0.3 is 18.1 Å². The van der Waals surface area contributed by atoms with Gasteiger partial charge in [-0.3, -0.25) is 4.90 Å². The number of pyridine rings is 1. The van der Waals surface area contributed by atoms with Crippen LogP contribution in [0.3, 0.4) is 0 Å². The molecule has 4 rings (SSSR count). The molecule has 0 saturated carbocycles. The number of aromatic nitrogens is 3. The van der Waals surface area contributed by atoms with Crippen molar-refractivity contribution in [1.82, 2.24) is 25.0 Å². The van der Waals surface area contributed by atoms with Crippen molar-refractivity contribution in [1.29, 1.82) is 0 Å². The van der Waals surface area contributed by atoms with Crippen molar-refractivity contribution < 1.29 is 41.6 Å². The van der Waals surface area contributed by atoms with Gasteiger partial charge in [0.05, 0.1) is 12.1 Å². The van der Waals surface area contributed by atoms with Gasteiger partial charge in [-0.05, 0) is 39.0 Å². The van der Waals surface area contributed by atoms with E-state index in [4.69, 9.17) is 25.8 Å². The number of amides is 1. The van der Waals surface area contributed by atoms with E-state index in [-0.39, 0.29) is 65.1 Å². The van der Waals surface area contributed by atoms with Crippen molar-refractivity contribution in [2.45, 2.75) is 51.5 Å². The molecule has 3 heterocycles. The number of fused-ring (bicyclic) bond motifs is 1. The van der Waals surface area contributed by atoms with Gasteiger partial charge in [0.15, 0.2) is 18.0 Å². The summed E-state index contributed by atoms with van der Waals surface area (Å²) in [5.74, 6) is -3.12. The summed E-state index contributed by atoms with van der Waals surface area (Å²) in [4.78, 5) is 33.6. The number of ether oxygens (including phenoxy) is 3. The fourth-order valence-corrected chi connectivity index (χ4v) is 4.30. The molecule has 0 unspecified atom stereocenters. The molecule has 1 aliphatic heterocycles. The smallest absolute Gasteiger partial charge is 0.411 e. The predicted octanol–water partition coefficient (Wildman–Crippen LogP) is 5.33. The first-order valence-corrected chi connectivity index (χ1v) is 12.3. The molecule has 3 aromatic rings. The summed E-state index contributed by atoms with van der Waals surface area (Å²) >= 11 is 5.89. The molecule has 2 atom stereocenters. The Bertz CT molecular complexity index is 1370. The molecule has 1 amide bonds. The van der Waals surface area contributed by atoms with Crippen molar-refractivity contribution in [3.63, 3.8) is 0 Å².